The van der Waals surface area contributed by atoms with Crippen LogP contribution in [0.4, 0.5) is 13.2 Å². The van der Waals surface area contributed by atoms with Crippen molar-refractivity contribution in [2.45, 2.75) is 25.4 Å². The van der Waals surface area contributed by atoms with Crippen LogP contribution >= 0.6 is 12.4 Å². The summed E-state index contributed by atoms with van der Waals surface area (Å²) in [7, 11) is 1.93. The molecule has 1 saturated heterocycles. The van der Waals surface area contributed by atoms with Crippen LogP contribution in [0, 0.1) is 17.5 Å². The Morgan fingerprint density at radius 3 is 2.26 bits per heavy atom. The van der Waals surface area contributed by atoms with Crippen LogP contribution < -0.4 is 5.32 Å². The molecule has 0 aromatic heterocycles. The van der Waals surface area contributed by atoms with E-state index in [1.54, 1.807) is 0 Å². The first-order valence-corrected chi connectivity index (χ1v) is 6.13. The van der Waals surface area contributed by atoms with Crippen molar-refractivity contribution in [2.24, 2.45) is 0 Å². The molecule has 1 fully saturated rings. The van der Waals surface area contributed by atoms with E-state index < -0.39 is 17.5 Å². The summed E-state index contributed by atoms with van der Waals surface area (Å²) < 4.78 is 39.3. The third-order valence-electron chi connectivity index (χ3n) is 3.48. The summed E-state index contributed by atoms with van der Waals surface area (Å²) in [6.45, 7) is 2.01. The van der Waals surface area contributed by atoms with Crippen molar-refractivity contribution in [1.29, 1.82) is 0 Å². The molecule has 0 atom stereocenters. The van der Waals surface area contributed by atoms with E-state index in [1.165, 1.54) is 0 Å². The molecule has 1 aromatic rings. The lowest BCUT2D eigenvalue weighted by Gasteiger charge is -2.31. The second-order valence-electron chi connectivity index (χ2n) is 4.70. The number of nitrogens with zero attached hydrogens (tertiary/aromatic N) is 1. The van der Waals surface area contributed by atoms with E-state index >= 15 is 0 Å². The Bertz CT molecular complexity index is 421. The van der Waals surface area contributed by atoms with Gasteiger partial charge in [0.05, 0.1) is 0 Å². The maximum absolute atomic E-state index is 13.5. The van der Waals surface area contributed by atoms with Gasteiger partial charge in [0.2, 0.25) is 0 Å². The number of likely N-dealkylation sites (tertiary alicyclic amines) is 1. The number of hydrogen-bond donors (Lipinski definition) is 1. The number of rotatable bonds is 3. The predicted molar refractivity (Wildman–Crippen MR) is 70.9 cm³/mol. The average Bonchev–Trinajstić information content (AvgIpc) is 2.37. The monoisotopic (exact) mass is 294 g/mol. The molecule has 0 aliphatic carbocycles. The van der Waals surface area contributed by atoms with Crippen LogP contribution in [0.3, 0.4) is 0 Å². The van der Waals surface area contributed by atoms with Gasteiger partial charge in [0.1, 0.15) is 5.82 Å². The maximum atomic E-state index is 13.5. The van der Waals surface area contributed by atoms with Crippen molar-refractivity contribution in [2.75, 3.05) is 20.1 Å². The first-order valence-electron chi connectivity index (χ1n) is 6.13. The molecular weight excluding hydrogens is 277 g/mol. The molecule has 108 valence electrons. The molecule has 0 saturated carbocycles. The molecule has 2 nitrogen and oxygen atoms in total. The predicted octanol–water partition coefficient (Wildman–Crippen LogP) is 2.71. The van der Waals surface area contributed by atoms with Gasteiger partial charge in [-0.05, 0) is 39.0 Å². The number of halogens is 4. The number of nitrogens with one attached hydrogen (secondary N) is 1. The molecule has 1 aliphatic heterocycles. The van der Waals surface area contributed by atoms with Gasteiger partial charge in [-0.3, -0.25) is 4.90 Å². The summed E-state index contributed by atoms with van der Waals surface area (Å²) in [6.07, 6.45) is 1.98. The normalized spacial score (nSPS) is 17.3. The Balaban J connectivity index is 0.00000180. The van der Waals surface area contributed by atoms with Crippen LogP contribution in [-0.2, 0) is 6.54 Å². The summed E-state index contributed by atoms with van der Waals surface area (Å²) in [4.78, 5) is 2.06. The average molecular weight is 295 g/mol. The highest BCUT2D eigenvalue weighted by molar-refractivity contribution is 5.85. The smallest absolute Gasteiger partial charge is 0.161 e. The van der Waals surface area contributed by atoms with Crippen LogP contribution in [0.25, 0.3) is 0 Å². The topological polar surface area (TPSA) is 15.3 Å². The van der Waals surface area contributed by atoms with Gasteiger partial charge in [-0.2, -0.15) is 0 Å². The van der Waals surface area contributed by atoms with Gasteiger partial charge in [-0.15, -0.1) is 12.4 Å². The number of benzene rings is 1. The molecule has 0 unspecified atom stereocenters. The molecule has 0 spiro atoms. The minimum absolute atomic E-state index is 0. The SMILES string of the molecule is CNC1CCN(Cc2cc(F)c(F)cc2F)CC1.Cl. The Hall–Kier alpha value is -0.780. The fourth-order valence-corrected chi connectivity index (χ4v) is 2.31. The first kappa shape index (κ1) is 16.3. The Morgan fingerprint density at radius 1 is 1.11 bits per heavy atom. The molecule has 1 aromatic carbocycles. The summed E-state index contributed by atoms with van der Waals surface area (Å²) in [5.74, 6) is -2.80. The molecule has 2 rings (SSSR count). The minimum Gasteiger partial charge on any atom is -0.317 e. The van der Waals surface area contributed by atoms with Crippen LogP contribution in [0.1, 0.15) is 18.4 Å². The summed E-state index contributed by atoms with van der Waals surface area (Å²) in [6, 6.07) is 2.07. The van der Waals surface area contributed by atoms with E-state index in [9.17, 15) is 13.2 Å². The third kappa shape index (κ3) is 4.09. The zero-order chi connectivity index (χ0) is 13.1. The largest absolute Gasteiger partial charge is 0.317 e. The standard InChI is InChI=1S/C13H17F3N2.ClH/c1-17-10-2-4-18(5-3-10)8-9-6-12(15)13(16)7-11(9)14;/h6-7,10,17H,2-5,8H2,1H3;1H. The van der Waals surface area contributed by atoms with Crippen LogP contribution in [0.15, 0.2) is 12.1 Å². The highest BCUT2D eigenvalue weighted by Crippen LogP contribution is 2.18. The van der Waals surface area contributed by atoms with Gasteiger partial charge in [-0.25, -0.2) is 13.2 Å². The Kier molecular flexibility index (Phi) is 6.10. The molecular formula is C13H18ClF3N2. The highest BCUT2D eigenvalue weighted by Gasteiger charge is 2.19. The van der Waals surface area contributed by atoms with Crippen molar-refractivity contribution in [1.82, 2.24) is 10.2 Å². The lowest BCUT2D eigenvalue weighted by molar-refractivity contribution is 0.192. The fourth-order valence-electron chi connectivity index (χ4n) is 2.31. The Morgan fingerprint density at radius 2 is 1.68 bits per heavy atom. The van der Waals surface area contributed by atoms with Crippen molar-refractivity contribution in [3.8, 4) is 0 Å². The summed E-state index contributed by atoms with van der Waals surface area (Å²) in [5, 5.41) is 3.21. The van der Waals surface area contributed by atoms with Crippen molar-refractivity contribution in [3.63, 3.8) is 0 Å². The molecule has 1 heterocycles. The summed E-state index contributed by atoms with van der Waals surface area (Å²) in [5.41, 5.74) is 0.219. The highest BCUT2D eigenvalue weighted by atomic mass is 35.5. The number of piperidine rings is 1. The quantitative estimate of drug-likeness (QED) is 0.863. The van der Waals surface area contributed by atoms with Gasteiger partial charge in [0.15, 0.2) is 11.6 Å². The minimum atomic E-state index is -1.13. The first-order chi connectivity index (χ1) is 8.60. The van der Waals surface area contributed by atoms with Gasteiger partial charge in [0.25, 0.3) is 0 Å². The van der Waals surface area contributed by atoms with E-state index in [0.717, 1.165) is 32.0 Å². The van der Waals surface area contributed by atoms with Gasteiger partial charge < -0.3 is 5.32 Å². The maximum Gasteiger partial charge on any atom is 0.161 e. The molecule has 0 radical (unpaired) electrons. The lowest BCUT2D eigenvalue weighted by Crippen LogP contribution is -2.40. The van der Waals surface area contributed by atoms with Crippen molar-refractivity contribution >= 4 is 12.4 Å². The lowest BCUT2D eigenvalue weighted by atomic mass is 10.0. The van der Waals surface area contributed by atoms with Crippen LogP contribution in [0.5, 0.6) is 0 Å². The molecule has 0 bridgehead atoms. The van der Waals surface area contributed by atoms with Crippen molar-refractivity contribution < 1.29 is 13.2 Å². The molecule has 6 heteroatoms. The van der Waals surface area contributed by atoms with Crippen LogP contribution in [0.2, 0.25) is 0 Å². The van der Waals surface area contributed by atoms with E-state index in [-0.39, 0.29) is 18.0 Å². The van der Waals surface area contributed by atoms with Crippen molar-refractivity contribution in [3.05, 3.63) is 35.1 Å². The molecule has 1 N–H and O–H groups in total. The van der Waals surface area contributed by atoms with Gasteiger partial charge in [0, 0.05) is 24.2 Å². The van der Waals surface area contributed by atoms with Crippen LogP contribution in [-0.4, -0.2) is 31.1 Å². The van der Waals surface area contributed by atoms with E-state index in [1.807, 2.05) is 7.05 Å². The zero-order valence-corrected chi connectivity index (χ0v) is 11.6. The third-order valence-corrected chi connectivity index (χ3v) is 3.48. The fraction of sp³-hybridized carbons (Fsp3) is 0.538. The zero-order valence-electron chi connectivity index (χ0n) is 10.8. The van der Waals surface area contributed by atoms with Gasteiger partial charge in [-0.1, -0.05) is 0 Å². The molecule has 0 amide bonds. The number of hydrogen-bond acceptors (Lipinski definition) is 2. The van der Waals surface area contributed by atoms with E-state index in [4.69, 9.17) is 0 Å². The Labute approximate surface area is 117 Å². The molecule has 1 aliphatic rings. The second kappa shape index (κ2) is 7.12. The van der Waals surface area contributed by atoms with E-state index in [0.29, 0.717) is 18.7 Å². The van der Waals surface area contributed by atoms with Gasteiger partial charge >= 0.3 is 0 Å². The summed E-state index contributed by atoms with van der Waals surface area (Å²) >= 11 is 0. The molecule has 19 heavy (non-hydrogen) atoms. The second-order valence-corrected chi connectivity index (χ2v) is 4.70. The van der Waals surface area contributed by atoms with E-state index in [2.05, 4.69) is 10.2 Å².